The molecule has 0 saturated carbocycles. The first kappa shape index (κ1) is 18.8. The number of rotatable bonds is 6. The van der Waals surface area contributed by atoms with Crippen molar-refractivity contribution in [3.05, 3.63) is 48.8 Å². The second-order valence-electron chi connectivity index (χ2n) is 6.95. The van der Waals surface area contributed by atoms with Crippen molar-refractivity contribution in [2.45, 2.75) is 38.8 Å². The first-order valence-corrected chi connectivity index (χ1v) is 9.53. The number of hydrogen-bond donors (Lipinski definition) is 1. The minimum absolute atomic E-state index is 0.0657. The summed E-state index contributed by atoms with van der Waals surface area (Å²) >= 11 is 0. The van der Waals surface area contributed by atoms with E-state index in [2.05, 4.69) is 25.8 Å². The maximum atomic E-state index is 12.8. The van der Waals surface area contributed by atoms with Crippen LogP contribution in [0.5, 0.6) is 0 Å². The lowest BCUT2D eigenvalue weighted by atomic mass is 10.2. The number of nitrogens with one attached hydrogen (secondary N) is 1. The van der Waals surface area contributed by atoms with Crippen LogP contribution in [0, 0.1) is 6.92 Å². The highest BCUT2D eigenvalue weighted by atomic mass is 16.2. The molecule has 4 rings (SSSR count). The standard InChI is InChI=1S/C19H22N8O2/c1-14-20-9-12-26(14)16-6-4-15(5-7-16)22-19(29)17-3-2-10-27(17)18(28)8-11-25-13-21-23-24-25/h4-7,9,12-13,17H,2-3,8,10-11H2,1H3,(H,22,29)/t17-/m0/s1. The Labute approximate surface area is 167 Å². The first-order valence-electron chi connectivity index (χ1n) is 9.53. The van der Waals surface area contributed by atoms with Crippen LogP contribution in [0.3, 0.4) is 0 Å². The number of carbonyl (C=O) groups excluding carboxylic acids is 2. The van der Waals surface area contributed by atoms with Crippen LogP contribution in [0.15, 0.2) is 43.0 Å². The van der Waals surface area contributed by atoms with Crippen LogP contribution in [0.2, 0.25) is 0 Å². The number of carbonyl (C=O) groups is 2. The second kappa shape index (κ2) is 8.21. The molecule has 0 unspecified atom stereocenters. The maximum absolute atomic E-state index is 12.8. The van der Waals surface area contributed by atoms with Crippen molar-refractivity contribution in [3.63, 3.8) is 0 Å². The molecule has 3 aromatic rings. The highest BCUT2D eigenvalue weighted by Gasteiger charge is 2.33. The summed E-state index contributed by atoms with van der Waals surface area (Å²) in [6.07, 6.45) is 6.84. The van der Waals surface area contributed by atoms with E-state index in [1.165, 1.54) is 11.0 Å². The van der Waals surface area contributed by atoms with Gasteiger partial charge in [-0.25, -0.2) is 9.67 Å². The van der Waals surface area contributed by atoms with E-state index in [-0.39, 0.29) is 18.2 Å². The van der Waals surface area contributed by atoms with E-state index in [4.69, 9.17) is 0 Å². The summed E-state index contributed by atoms with van der Waals surface area (Å²) in [5.74, 6) is 0.664. The van der Waals surface area contributed by atoms with Crippen molar-refractivity contribution in [1.82, 2.24) is 34.7 Å². The molecule has 29 heavy (non-hydrogen) atoms. The molecule has 1 aliphatic heterocycles. The van der Waals surface area contributed by atoms with Gasteiger partial charge in [-0.2, -0.15) is 0 Å². The zero-order chi connectivity index (χ0) is 20.2. The van der Waals surface area contributed by atoms with E-state index >= 15 is 0 Å². The maximum Gasteiger partial charge on any atom is 0.247 e. The van der Waals surface area contributed by atoms with Gasteiger partial charge in [0.2, 0.25) is 11.8 Å². The van der Waals surface area contributed by atoms with E-state index in [0.717, 1.165) is 17.9 Å². The molecule has 1 aliphatic rings. The molecule has 0 aliphatic carbocycles. The summed E-state index contributed by atoms with van der Waals surface area (Å²) in [4.78, 5) is 31.2. The summed E-state index contributed by atoms with van der Waals surface area (Å²) in [7, 11) is 0. The van der Waals surface area contributed by atoms with Crippen LogP contribution in [-0.2, 0) is 16.1 Å². The minimum atomic E-state index is -0.452. The highest BCUT2D eigenvalue weighted by molar-refractivity contribution is 5.97. The van der Waals surface area contributed by atoms with Gasteiger partial charge in [-0.1, -0.05) is 0 Å². The number of tetrazole rings is 1. The Bertz CT molecular complexity index is 980. The zero-order valence-electron chi connectivity index (χ0n) is 16.1. The third-order valence-corrected chi connectivity index (χ3v) is 5.06. The van der Waals surface area contributed by atoms with Crippen molar-refractivity contribution < 1.29 is 9.59 Å². The van der Waals surface area contributed by atoms with E-state index in [1.54, 1.807) is 11.1 Å². The second-order valence-corrected chi connectivity index (χ2v) is 6.95. The van der Waals surface area contributed by atoms with Gasteiger partial charge in [0.15, 0.2) is 0 Å². The fourth-order valence-electron chi connectivity index (χ4n) is 3.56. The van der Waals surface area contributed by atoms with Crippen LogP contribution < -0.4 is 5.32 Å². The molecular weight excluding hydrogens is 372 g/mol. The Morgan fingerprint density at radius 3 is 2.76 bits per heavy atom. The van der Waals surface area contributed by atoms with Gasteiger partial charge in [0.05, 0.1) is 6.54 Å². The molecular formula is C19H22N8O2. The molecule has 1 N–H and O–H groups in total. The number of anilines is 1. The van der Waals surface area contributed by atoms with Gasteiger partial charge < -0.3 is 14.8 Å². The van der Waals surface area contributed by atoms with E-state index in [0.29, 0.717) is 25.2 Å². The van der Waals surface area contributed by atoms with Crippen LogP contribution in [-0.4, -0.2) is 59.1 Å². The lowest BCUT2D eigenvalue weighted by Gasteiger charge is -2.24. The van der Waals surface area contributed by atoms with Crippen molar-refractivity contribution in [3.8, 4) is 5.69 Å². The molecule has 0 bridgehead atoms. The molecule has 150 valence electrons. The number of aromatic nitrogens is 6. The minimum Gasteiger partial charge on any atom is -0.331 e. The number of hydrogen-bond acceptors (Lipinski definition) is 6. The highest BCUT2D eigenvalue weighted by Crippen LogP contribution is 2.21. The number of benzene rings is 1. The molecule has 10 heteroatoms. The zero-order valence-corrected chi connectivity index (χ0v) is 16.1. The molecule has 2 aromatic heterocycles. The molecule has 2 amide bonds. The Hall–Kier alpha value is -3.56. The SMILES string of the molecule is Cc1nccn1-c1ccc(NC(=O)[C@@H]2CCCN2C(=O)CCn2cnnn2)cc1. The molecule has 1 saturated heterocycles. The summed E-state index contributed by atoms with van der Waals surface area (Å²) in [5, 5.41) is 13.8. The van der Waals surface area contributed by atoms with Gasteiger partial charge in [0.1, 0.15) is 18.2 Å². The molecule has 0 radical (unpaired) electrons. The molecule has 1 aromatic carbocycles. The molecule has 1 fully saturated rings. The fourth-order valence-corrected chi connectivity index (χ4v) is 3.56. The number of likely N-dealkylation sites (tertiary alicyclic amines) is 1. The van der Waals surface area contributed by atoms with E-state index < -0.39 is 6.04 Å². The average molecular weight is 394 g/mol. The fraction of sp³-hybridized carbons (Fsp3) is 0.368. The lowest BCUT2D eigenvalue weighted by molar-refractivity contribution is -0.136. The van der Waals surface area contributed by atoms with E-state index in [1.807, 2.05) is 42.0 Å². The third kappa shape index (κ3) is 4.15. The van der Waals surface area contributed by atoms with Crippen LogP contribution >= 0.6 is 0 Å². The number of imidazole rings is 1. The van der Waals surface area contributed by atoms with Crippen molar-refractivity contribution >= 4 is 17.5 Å². The number of aryl methyl sites for hydroxylation is 2. The summed E-state index contributed by atoms with van der Waals surface area (Å²) in [6.45, 7) is 2.91. The normalized spacial score (nSPS) is 16.2. The third-order valence-electron chi connectivity index (χ3n) is 5.06. The average Bonchev–Trinajstić information content (AvgIpc) is 3.48. The Morgan fingerprint density at radius 2 is 2.07 bits per heavy atom. The van der Waals surface area contributed by atoms with Gasteiger partial charge in [-0.3, -0.25) is 9.59 Å². The first-order chi connectivity index (χ1) is 14.1. The Morgan fingerprint density at radius 1 is 1.24 bits per heavy atom. The molecule has 10 nitrogen and oxygen atoms in total. The van der Waals surface area contributed by atoms with Crippen molar-refractivity contribution in [1.29, 1.82) is 0 Å². The Kier molecular flexibility index (Phi) is 5.32. The number of amides is 2. The smallest absolute Gasteiger partial charge is 0.247 e. The van der Waals surface area contributed by atoms with E-state index in [9.17, 15) is 9.59 Å². The molecule has 3 heterocycles. The van der Waals surface area contributed by atoms with Gasteiger partial charge in [-0.15, -0.1) is 5.10 Å². The van der Waals surface area contributed by atoms with Gasteiger partial charge in [0, 0.05) is 36.7 Å². The largest absolute Gasteiger partial charge is 0.331 e. The summed E-state index contributed by atoms with van der Waals surface area (Å²) < 4.78 is 3.47. The Balaban J connectivity index is 1.37. The summed E-state index contributed by atoms with van der Waals surface area (Å²) in [5.41, 5.74) is 1.67. The predicted octanol–water partition coefficient (Wildman–Crippen LogP) is 1.19. The van der Waals surface area contributed by atoms with Crippen molar-refractivity contribution in [2.24, 2.45) is 0 Å². The van der Waals surface area contributed by atoms with Crippen LogP contribution in [0.4, 0.5) is 5.69 Å². The predicted molar refractivity (Wildman–Crippen MR) is 104 cm³/mol. The number of nitrogens with zero attached hydrogens (tertiary/aromatic N) is 7. The molecule has 0 spiro atoms. The van der Waals surface area contributed by atoms with Crippen molar-refractivity contribution in [2.75, 3.05) is 11.9 Å². The lowest BCUT2D eigenvalue weighted by Crippen LogP contribution is -2.43. The monoisotopic (exact) mass is 394 g/mol. The van der Waals surface area contributed by atoms with Gasteiger partial charge in [0.25, 0.3) is 0 Å². The van der Waals surface area contributed by atoms with Gasteiger partial charge >= 0.3 is 0 Å². The van der Waals surface area contributed by atoms with Crippen LogP contribution in [0.25, 0.3) is 5.69 Å². The van der Waals surface area contributed by atoms with Crippen LogP contribution in [0.1, 0.15) is 25.1 Å². The van der Waals surface area contributed by atoms with Gasteiger partial charge in [-0.05, 0) is 54.5 Å². The quantitative estimate of drug-likeness (QED) is 0.672. The topological polar surface area (TPSA) is 111 Å². The summed E-state index contributed by atoms with van der Waals surface area (Å²) in [6, 6.07) is 7.10. The molecule has 1 atom stereocenters.